The van der Waals surface area contributed by atoms with Gasteiger partial charge in [0.1, 0.15) is 0 Å². The molecule has 0 radical (unpaired) electrons. The van der Waals surface area contributed by atoms with Crippen LogP contribution in [0.25, 0.3) is 0 Å². The third kappa shape index (κ3) is 2.91. The maximum atomic E-state index is 6.13. The van der Waals surface area contributed by atoms with Crippen LogP contribution in [-0.2, 0) is 0 Å². The maximum Gasteiger partial charge on any atom is 0.341 e. The normalized spacial score (nSPS) is 24.3. The van der Waals surface area contributed by atoms with Gasteiger partial charge in [0.15, 0.2) is 0 Å². The minimum atomic E-state index is 0.541. The Kier molecular flexibility index (Phi) is 4.51. The first kappa shape index (κ1) is 12.2. The molecule has 16 heavy (non-hydrogen) atoms. The number of halogens is 1. The van der Waals surface area contributed by atoms with E-state index in [1.807, 2.05) is 0 Å². The zero-order valence-electron chi connectivity index (χ0n) is 10.1. The number of nitrogens with zero attached hydrogens (tertiary/aromatic N) is 1. The zero-order valence-corrected chi connectivity index (χ0v) is 10.9. The van der Waals surface area contributed by atoms with Crippen LogP contribution < -0.4 is 5.73 Å². The minimum Gasteiger partial charge on any atom is -0.277 e. The highest BCUT2D eigenvalue weighted by molar-refractivity contribution is 6.62. The molecule has 0 amide bonds. The fourth-order valence-corrected chi connectivity index (χ4v) is 3.64. The first-order chi connectivity index (χ1) is 7.79. The quantitative estimate of drug-likeness (QED) is 0.343. The molecule has 0 aromatic carbocycles. The molecule has 2 rings (SSSR count). The molecule has 0 unspecified atom stereocenters. The van der Waals surface area contributed by atoms with Crippen LogP contribution in [0.2, 0.25) is 0 Å². The van der Waals surface area contributed by atoms with Gasteiger partial charge in [-0.3, -0.25) is 5.73 Å². The topological polar surface area (TPSA) is 29.0 Å². The Hall–Kier alpha value is -0.240. The van der Waals surface area contributed by atoms with E-state index in [2.05, 4.69) is 4.58 Å². The first-order valence-electron chi connectivity index (χ1n) is 6.85. The lowest BCUT2D eigenvalue weighted by molar-refractivity contribution is -0.606. The van der Waals surface area contributed by atoms with E-state index in [1.54, 1.807) is 0 Å². The van der Waals surface area contributed by atoms with Gasteiger partial charge < -0.3 is 0 Å². The van der Waals surface area contributed by atoms with E-state index < -0.39 is 0 Å². The lowest BCUT2D eigenvalue weighted by atomic mass is 9.90. The van der Waals surface area contributed by atoms with Crippen molar-refractivity contribution in [3.05, 3.63) is 0 Å². The second-order valence-electron chi connectivity index (χ2n) is 5.31. The summed E-state index contributed by atoms with van der Waals surface area (Å²) >= 11 is 6.13. The van der Waals surface area contributed by atoms with E-state index in [0.29, 0.717) is 17.4 Å². The fourth-order valence-electron chi connectivity index (χ4n) is 3.37. The first-order valence-corrected chi connectivity index (χ1v) is 7.23. The van der Waals surface area contributed by atoms with Crippen molar-refractivity contribution in [2.75, 3.05) is 0 Å². The lowest BCUT2D eigenvalue weighted by Crippen LogP contribution is -2.42. The molecule has 2 aliphatic rings. The van der Waals surface area contributed by atoms with Crippen LogP contribution in [0.3, 0.4) is 0 Å². The summed E-state index contributed by atoms with van der Waals surface area (Å²) in [6, 6.07) is 1.24. The summed E-state index contributed by atoms with van der Waals surface area (Å²) in [5, 5.41) is 0.541. The van der Waals surface area contributed by atoms with Crippen molar-refractivity contribution in [2.24, 2.45) is 5.73 Å². The largest absolute Gasteiger partial charge is 0.341 e. The highest BCUT2D eigenvalue weighted by Gasteiger charge is 2.30. The third-order valence-corrected chi connectivity index (χ3v) is 4.38. The van der Waals surface area contributed by atoms with Crippen molar-refractivity contribution in [1.82, 2.24) is 0 Å². The van der Waals surface area contributed by atoms with Gasteiger partial charge in [0.05, 0.1) is 12.1 Å². The standard InChI is InChI=1S/C13H23ClN2/c14-13(15)16(11-7-3-1-4-8-11)12-9-5-2-6-10-12/h11-12,15H,1-10H2/p+1. The third-order valence-electron chi connectivity index (χ3n) is 4.18. The molecule has 0 atom stereocenters. The predicted molar refractivity (Wildman–Crippen MR) is 69.1 cm³/mol. The number of rotatable bonds is 2. The molecule has 3 heteroatoms. The van der Waals surface area contributed by atoms with Gasteiger partial charge in [-0.05, 0) is 51.4 Å². The summed E-state index contributed by atoms with van der Waals surface area (Å²) in [5.41, 5.74) is 5.91. The van der Waals surface area contributed by atoms with Crippen LogP contribution >= 0.6 is 11.6 Å². The van der Waals surface area contributed by atoms with E-state index in [4.69, 9.17) is 17.3 Å². The van der Waals surface area contributed by atoms with Crippen LogP contribution in [0.15, 0.2) is 0 Å². The molecule has 2 fully saturated rings. The van der Waals surface area contributed by atoms with Crippen molar-refractivity contribution in [1.29, 1.82) is 0 Å². The number of nitrogens with two attached hydrogens (primary N) is 1. The van der Waals surface area contributed by atoms with Crippen LogP contribution in [-0.4, -0.2) is 22.0 Å². The second kappa shape index (κ2) is 5.90. The average Bonchev–Trinajstić information content (AvgIpc) is 2.31. The molecule has 0 aliphatic heterocycles. The molecular formula is C13H24ClN2+. The minimum absolute atomic E-state index is 0.541. The summed E-state index contributed by atoms with van der Waals surface area (Å²) in [4.78, 5) is 0. The molecular weight excluding hydrogens is 220 g/mol. The van der Waals surface area contributed by atoms with Crippen molar-refractivity contribution in [3.63, 3.8) is 0 Å². The SMILES string of the molecule is NC(Cl)=[N+](C1CCCCC1)C1CCCCC1. The Morgan fingerprint density at radius 1 is 0.812 bits per heavy atom. The summed E-state index contributed by atoms with van der Waals surface area (Å²) in [6.07, 6.45) is 13.3. The Morgan fingerprint density at radius 3 is 1.50 bits per heavy atom. The molecule has 0 aromatic rings. The molecule has 2 nitrogen and oxygen atoms in total. The van der Waals surface area contributed by atoms with E-state index in [9.17, 15) is 0 Å². The molecule has 2 aliphatic carbocycles. The van der Waals surface area contributed by atoms with Gasteiger partial charge in [-0.25, -0.2) is 4.58 Å². The van der Waals surface area contributed by atoms with E-state index in [1.165, 1.54) is 64.2 Å². The van der Waals surface area contributed by atoms with Gasteiger partial charge in [-0.15, -0.1) is 0 Å². The van der Waals surface area contributed by atoms with Crippen molar-refractivity contribution in [3.8, 4) is 0 Å². The van der Waals surface area contributed by atoms with Crippen LogP contribution in [0.1, 0.15) is 64.2 Å². The molecule has 0 aromatic heterocycles. The van der Waals surface area contributed by atoms with Crippen LogP contribution in [0.5, 0.6) is 0 Å². The second-order valence-corrected chi connectivity index (χ2v) is 5.70. The highest BCUT2D eigenvalue weighted by atomic mass is 35.5. The van der Waals surface area contributed by atoms with Gasteiger partial charge in [0.2, 0.25) is 0 Å². The molecule has 0 bridgehead atoms. The predicted octanol–water partition coefficient (Wildman–Crippen LogP) is 3.22. The molecule has 0 spiro atoms. The highest BCUT2D eigenvalue weighted by Crippen LogP contribution is 2.27. The molecule has 0 heterocycles. The fraction of sp³-hybridized carbons (Fsp3) is 0.923. The maximum absolute atomic E-state index is 6.13. The lowest BCUT2D eigenvalue weighted by Gasteiger charge is -2.31. The molecule has 2 N–H and O–H groups in total. The van der Waals surface area contributed by atoms with Crippen molar-refractivity contribution < 1.29 is 4.58 Å². The summed E-state index contributed by atoms with van der Waals surface area (Å²) in [6.45, 7) is 0. The Bertz CT molecular complexity index is 227. The van der Waals surface area contributed by atoms with Crippen molar-refractivity contribution in [2.45, 2.75) is 76.3 Å². The smallest absolute Gasteiger partial charge is 0.277 e. The number of hydrogen-bond acceptors (Lipinski definition) is 0. The van der Waals surface area contributed by atoms with Gasteiger partial charge in [-0.2, -0.15) is 0 Å². The Balaban J connectivity index is 2.06. The summed E-state index contributed by atoms with van der Waals surface area (Å²) in [5.74, 6) is 0. The number of amidine groups is 1. The van der Waals surface area contributed by atoms with Gasteiger partial charge in [-0.1, -0.05) is 12.8 Å². The number of hydrogen-bond donors (Lipinski definition) is 1. The van der Waals surface area contributed by atoms with Crippen molar-refractivity contribution >= 4 is 16.9 Å². The monoisotopic (exact) mass is 243 g/mol. The van der Waals surface area contributed by atoms with E-state index >= 15 is 0 Å². The van der Waals surface area contributed by atoms with Gasteiger partial charge in [0.25, 0.3) is 0 Å². The Labute approximate surface area is 104 Å². The van der Waals surface area contributed by atoms with Gasteiger partial charge in [0, 0.05) is 11.6 Å². The Morgan fingerprint density at radius 2 is 1.19 bits per heavy atom. The van der Waals surface area contributed by atoms with Crippen LogP contribution in [0.4, 0.5) is 0 Å². The molecule has 0 saturated heterocycles. The summed E-state index contributed by atoms with van der Waals surface area (Å²) < 4.78 is 2.35. The van der Waals surface area contributed by atoms with E-state index in [-0.39, 0.29) is 0 Å². The zero-order chi connectivity index (χ0) is 11.4. The van der Waals surface area contributed by atoms with Gasteiger partial charge >= 0.3 is 5.29 Å². The molecule has 2 saturated carbocycles. The molecule has 92 valence electrons. The van der Waals surface area contributed by atoms with Crippen LogP contribution in [0, 0.1) is 0 Å². The summed E-state index contributed by atoms with van der Waals surface area (Å²) in [7, 11) is 0. The average molecular weight is 244 g/mol. The van der Waals surface area contributed by atoms with E-state index in [0.717, 1.165) is 0 Å².